The van der Waals surface area contributed by atoms with Crippen molar-refractivity contribution in [3.8, 4) is 11.1 Å². The summed E-state index contributed by atoms with van der Waals surface area (Å²) in [5.41, 5.74) is 4.00. The van der Waals surface area contributed by atoms with Crippen LogP contribution in [0.2, 0.25) is 0 Å². The number of ether oxygens (including phenoxy) is 1. The molecule has 182 valence electrons. The summed E-state index contributed by atoms with van der Waals surface area (Å²) in [6, 6.07) is 15.6. The molecule has 1 aliphatic heterocycles. The number of thioether (sulfide) groups is 1. The van der Waals surface area contributed by atoms with Gasteiger partial charge in [-0.05, 0) is 53.9 Å². The van der Waals surface area contributed by atoms with Crippen LogP contribution >= 0.6 is 11.8 Å². The van der Waals surface area contributed by atoms with Gasteiger partial charge < -0.3 is 20.1 Å². The van der Waals surface area contributed by atoms with Crippen LogP contribution in [0.1, 0.15) is 49.1 Å². The number of aliphatic carboxylic acids is 1. The highest BCUT2D eigenvalue weighted by atomic mass is 32.2. The fraction of sp³-hybridized carbons (Fsp3) is 0.444. The van der Waals surface area contributed by atoms with Crippen molar-refractivity contribution in [1.82, 2.24) is 10.2 Å². The van der Waals surface area contributed by atoms with Gasteiger partial charge in [0.05, 0.1) is 17.3 Å². The van der Waals surface area contributed by atoms with Crippen LogP contribution < -0.4 is 5.32 Å². The van der Waals surface area contributed by atoms with Gasteiger partial charge in [0.15, 0.2) is 0 Å². The number of carboxylic acids is 1. The first-order valence-corrected chi connectivity index (χ1v) is 13.3. The Morgan fingerprint density at radius 1 is 1.03 bits per heavy atom. The number of carbonyl (C=O) groups excluding carboxylic acids is 2. The molecular weight excluding hydrogens is 464 g/mol. The Kier molecular flexibility index (Phi) is 5.51. The molecule has 1 saturated heterocycles. The van der Waals surface area contributed by atoms with Crippen LogP contribution in [0.5, 0.6) is 0 Å². The number of hydrogen-bond acceptors (Lipinski definition) is 5. The number of amides is 2. The van der Waals surface area contributed by atoms with Crippen molar-refractivity contribution in [2.24, 2.45) is 5.92 Å². The predicted molar refractivity (Wildman–Crippen MR) is 132 cm³/mol. The average Bonchev–Trinajstić information content (AvgIpc) is 3.76. The van der Waals surface area contributed by atoms with Gasteiger partial charge in [-0.2, -0.15) is 0 Å². The Hall–Kier alpha value is -3.00. The van der Waals surface area contributed by atoms with Crippen LogP contribution in [-0.2, 0) is 14.3 Å². The van der Waals surface area contributed by atoms with Crippen molar-refractivity contribution in [1.29, 1.82) is 0 Å². The zero-order chi connectivity index (χ0) is 24.2. The van der Waals surface area contributed by atoms with E-state index in [2.05, 4.69) is 29.6 Å². The molecule has 2 unspecified atom stereocenters. The molecule has 3 fully saturated rings. The van der Waals surface area contributed by atoms with Gasteiger partial charge >= 0.3 is 12.1 Å². The number of nitrogens with zero attached hydrogens (tertiary/aromatic N) is 1. The van der Waals surface area contributed by atoms with E-state index < -0.39 is 23.6 Å². The van der Waals surface area contributed by atoms with Crippen LogP contribution in [0, 0.1) is 5.92 Å². The Bertz CT molecular complexity index is 1150. The van der Waals surface area contributed by atoms with Crippen LogP contribution in [0.15, 0.2) is 48.5 Å². The molecule has 0 radical (unpaired) electrons. The van der Waals surface area contributed by atoms with Crippen molar-refractivity contribution in [2.75, 3.05) is 12.4 Å². The minimum Gasteiger partial charge on any atom is -0.480 e. The van der Waals surface area contributed by atoms with E-state index >= 15 is 0 Å². The van der Waals surface area contributed by atoms with E-state index in [0.29, 0.717) is 24.5 Å². The molecule has 0 spiro atoms. The molecule has 6 rings (SSSR count). The summed E-state index contributed by atoms with van der Waals surface area (Å²) in [5, 5.41) is 12.5. The summed E-state index contributed by atoms with van der Waals surface area (Å²) >= 11 is 1.57. The highest BCUT2D eigenvalue weighted by Gasteiger charge is 2.52. The summed E-state index contributed by atoms with van der Waals surface area (Å²) in [4.78, 5) is 39.3. The lowest BCUT2D eigenvalue weighted by molar-refractivity contribution is -0.149. The Morgan fingerprint density at radius 3 is 2.23 bits per heavy atom. The minimum absolute atomic E-state index is 0.0258. The minimum atomic E-state index is -0.955. The second kappa shape index (κ2) is 8.59. The van der Waals surface area contributed by atoms with Crippen LogP contribution in [-0.4, -0.2) is 57.3 Å². The quantitative estimate of drug-likeness (QED) is 0.601. The fourth-order valence-corrected chi connectivity index (χ4v) is 7.16. The third-order valence-electron chi connectivity index (χ3n) is 7.69. The van der Waals surface area contributed by atoms with E-state index in [4.69, 9.17) is 4.74 Å². The molecule has 0 aromatic heterocycles. The van der Waals surface area contributed by atoms with E-state index in [1.54, 1.807) is 16.7 Å². The number of benzene rings is 2. The number of hydrogen-bond donors (Lipinski definition) is 2. The Morgan fingerprint density at radius 2 is 1.66 bits per heavy atom. The van der Waals surface area contributed by atoms with Gasteiger partial charge in [0, 0.05) is 11.7 Å². The molecule has 7 nitrogen and oxygen atoms in total. The maximum absolute atomic E-state index is 13.2. The summed E-state index contributed by atoms with van der Waals surface area (Å²) in [6.07, 6.45) is 3.05. The van der Waals surface area contributed by atoms with Crippen molar-refractivity contribution >= 4 is 29.7 Å². The first-order chi connectivity index (χ1) is 17.0. The van der Waals surface area contributed by atoms with E-state index in [1.165, 1.54) is 11.1 Å². The van der Waals surface area contributed by atoms with Crippen molar-refractivity contribution in [3.05, 3.63) is 59.7 Å². The van der Waals surface area contributed by atoms with E-state index in [0.717, 1.165) is 24.0 Å². The molecule has 3 aliphatic carbocycles. The highest BCUT2D eigenvalue weighted by molar-refractivity contribution is 8.00. The number of fused-ring (bicyclic) bond motifs is 3. The van der Waals surface area contributed by atoms with Gasteiger partial charge in [-0.3, -0.25) is 4.79 Å². The molecular formula is C27H28N2O5S. The lowest BCUT2D eigenvalue weighted by atomic mass is 9.98. The number of carbonyl (C=O) groups is 3. The third kappa shape index (κ3) is 4.18. The normalized spacial score (nSPS) is 23.9. The maximum atomic E-state index is 13.2. The number of nitrogens with one attached hydrogen (secondary N) is 1. The van der Waals surface area contributed by atoms with Gasteiger partial charge in [-0.15, -0.1) is 11.8 Å². The van der Waals surface area contributed by atoms with Gasteiger partial charge in [-0.1, -0.05) is 48.5 Å². The third-order valence-corrected chi connectivity index (χ3v) is 9.15. The number of rotatable bonds is 7. The standard InChI is InChI=1S/C27H28N2O5S/c30-23(29-22(25(31)32)15-35-24(29)16-9-10-16)13-27(11-12-27)28-26(33)34-14-21-19-7-3-1-5-17(19)18-6-2-4-8-20(18)21/h1-8,16,21-22,24H,9-15H2,(H,28,33)(H,31,32). The van der Waals surface area contributed by atoms with Crippen molar-refractivity contribution < 1.29 is 24.2 Å². The summed E-state index contributed by atoms with van der Waals surface area (Å²) in [5.74, 6) is -0.352. The van der Waals surface area contributed by atoms with Crippen LogP contribution in [0.4, 0.5) is 4.79 Å². The zero-order valence-electron chi connectivity index (χ0n) is 19.3. The largest absolute Gasteiger partial charge is 0.480 e. The molecule has 2 aromatic rings. The second-order valence-electron chi connectivity index (χ2n) is 10.1. The molecule has 2 N–H and O–H groups in total. The molecule has 1 heterocycles. The fourth-order valence-electron chi connectivity index (χ4n) is 5.51. The van der Waals surface area contributed by atoms with Gasteiger partial charge in [0.2, 0.25) is 5.91 Å². The highest BCUT2D eigenvalue weighted by Crippen LogP contribution is 2.48. The lowest BCUT2D eigenvalue weighted by Crippen LogP contribution is -2.49. The zero-order valence-corrected chi connectivity index (χ0v) is 20.1. The topological polar surface area (TPSA) is 95.9 Å². The smallest absolute Gasteiger partial charge is 0.407 e. The molecule has 2 amide bonds. The second-order valence-corrected chi connectivity index (χ2v) is 11.3. The molecule has 35 heavy (non-hydrogen) atoms. The summed E-state index contributed by atoms with van der Waals surface area (Å²) < 4.78 is 5.68. The molecule has 4 aliphatic rings. The molecule has 8 heteroatoms. The predicted octanol–water partition coefficient (Wildman–Crippen LogP) is 4.21. The summed E-state index contributed by atoms with van der Waals surface area (Å²) in [6.45, 7) is 0.220. The van der Waals surface area contributed by atoms with Crippen molar-refractivity contribution in [2.45, 2.75) is 55.0 Å². The van der Waals surface area contributed by atoms with Crippen LogP contribution in [0.25, 0.3) is 11.1 Å². The molecule has 2 saturated carbocycles. The van der Waals surface area contributed by atoms with E-state index in [1.807, 2.05) is 24.3 Å². The van der Waals surface area contributed by atoms with Crippen LogP contribution in [0.3, 0.4) is 0 Å². The SMILES string of the molecule is O=C(NC1(CC(=O)N2C(C(=O)O)CSC2C2CC2)CC1)OCC1c2ccccc2-c2ccccc21. The Balaban J connectivity index is 1.10. The number of carboxylic acid groups (broad SMARTS) is 1. The van der Waals surface area contributed by atoms with Gasteiger partial charge in [0.1, 0.15) is 12.6 Å². The van der Waals surface area contributed by atoms with Crippen molar-refractivity contribution in [3.63, 3.8) is 0 Å². The first kappa shape index (κ1) is 22.5. The van der Waals surface area contributed by atoms with Gasteiger partial charge in [-0.25, -0.2) is 9.59 Å². The molecule has 0 bridgehead atoms. The monoisotopic (exact) mass is 492 g/mol. The first-order valence-electron chi connectivity index (χ1n) is 12.2. The van der Waals surface area contributed by atoms with E-state index in [-0.39, 0.29) is 30.2 Å². The van der Waals surface area contributed by atoms with Gasteiger partial charge in [0.25, 0.3) is 0 Å². The number of alkyl carbamates (subject to hydrolysis) is 1. The van der Waals surface area contributed by atoms with E-state index in [9.17, 15) is 19.5 Å². The molecule has 2 atom stereocenters. The molecule has 2 aromatic carbocycles. The lowest BCUT2D eigenvalue weighted by Gasteiger charge is -2.29. The Labute approximate surface area is 208 Å². The summed E-state index contributed by atoms with van der Waals surface area (Å²) in [7, 11) is 0. The maximum Gasteiger partial charge on any atom is 0.407 e. The average molecular weight is 493 g/mol.